The van der Waals surface area contributed by atoms with Crippen LogP contribution in [0.3, 0.4) is 0 Å². The maximum atomic E-state index is 8.52. The third-order valence-electron chi connectivity index (χ3n) is 0. The summed E-state index contributed by atoms with van der Waals surface area (Å²) in [6.07, 6.45) is 0. The molecule has 0 heterocycles. The first-order valence-electron chi connectivity index (χ1n) is 3.45. The first-order chi connectivity index (χ1) is 4.00. The summed E-state index contributed by atoms with van der Waals surface area (Å²) < 4.78 is 0. The zero-order chi connectivity index (χ0) is 9.00. The van der Waals surface area contributed by atoms with E-state index in [2.05, 4.69) is 0 Å². The van der Waals surface area contributed by atoms with E-state index in [1.54, 1.807) is 41.5 Å². The molecule has 0 amide bonds. The number of rotatable bonds is 0. The summed E-state index contributed by atoms with van der Waals surface area (Å²) in [5, 5.41) is 17.0. The minimum Gasteiger partial charge on any atom is -1.00 e. The van der Waals surface area contributed by atoms with E-state index in [1.807, 2.05) is 0 Å². The molecule has 0 aliphatic carbocycles. The summed E-state index contributed by atoms with van der Waals surface area (Å²) in [4.78, 5) is 0. The second-order valence-electron chi connectivity index (χ2n) is 4.34. The Bertz CT molecular complexity index is 65.6. The molecule has 0 saturated heterocycles. The van der Waals surface area contributed by atoms with Crippen LogP contribution in [0.25, 0.3) is 0 Å². The van der Waals surface area contributed by atoms with Crippen molar-refractivity contribution in [1.82, 2.24) is 0 Å². The molecule has 0 bridgehead atoms. The van der Waals surface area contributed by atoms with Crippen LogP contribution in [0.2, 0.25) is 0 Å². The van der Waals surface area contributed by atoms with Gasteiger partial charge in [-0.25, -0.2) is 0 Å². The van der Waals surface area contributed by atoms with Crippen molar-refractivity contribution in [3.05, 3.63) is 0 Å². The van der Waals surface area contributed by atoms with E-state index >= 15 is 0 Å². The fourth-order valence-corrected chi connectivity index (χ4v) is 0. The second-order valence-corrected chi connectivity index (χ2v) is 4.34. The molecule has 0 aromatic rings. The predicted octanol–water partition coefficient (Wildman–Crippen LogP) is -7.44. The minimum absolute atomic E-state index is 0. The normalized spacial score (nSPS) is 8.57. The van der Waals surface area contributed by atoms with Gasteiger partial charge in [-0.3, -0.25) is 0 Å². The zero-order valence-electron chi connectivity index (χ0n) is 9.48. The van der Waals surface area contributed by atoms with Gasteiger partial charge in [0.2, 0.25) is 0 Å². The molecule has 0 aromatic heterocycles. The van der Waals surface area contributed by atoms with Crippen LogP contribution < -0.4 is 37.2 Å². The van der Waals surface area contributed by atoms with Crippen LogP contribution in [0.1, 0.15) is 41.5 Å². The number of hydrogen-bond donors (Lipinski definition) is 2. The molecule has 0 aliphatic heterocycles. The smallest absolute Gasteiger partial charge is 0.0563 e. The van der Waals surface area contributed by atoms with E-state index in [0.29, 0.717) is 0 Å². The van der Waals surface area contributed by atoms with Gasteiger partial charge in [0.15, 0.2) is 0 Å². The van der Waals surface area contributed by atoms with Gasteiger partial charge in [-0.2, -0.15) is 0 Å². The van der Waals surface area contributed by atoms with E-state index in [-0.39, 0.29) is 55.8 Å². The largest absolute Gasteiger partial charge is 1.00 e. The average Bonchev–Trinajstić information content (AvgIpc) is 1.12. The molecule has 0 aliphatic rings. The first-order valence-corrected chi connectivity index (χ1v) is 3.45. The standard InChI is InChI=1S/2C4H10O.3ClH.V/c2*1-4(2,3)5;;;;/h2*5H,1-3H3;3*1H;/p-3. The molecule has 0 rings (SSSR count). The molecule has 0 spiro atoms. The van der Waals surface area contributed by atoms with Crippen LogP contribution in [0.15, 0.2) is 0 Å². The Kier molecular flexibility index (Phi) is 37.1. The maximum absolute atomic E-state index is 8.52. The number of halogens is 3. The van der Waals surface area contributed by atoms with Crippen molar-refractivity contribution in [1.29, 1.82) is 0 Å². The Hall–Kier alpha value is 1.37. The first kappa shape index (κ1) is 36.1. The van der Waals surface area contributed by atoms with Crippen LogP contribution >= 0.6 is 0 Å². The number of aliphatic hydroxyl groups is 2. The molecule has 0 unspecified atom stereocenters. The van der Waals surface area contributed by atoms with Gasteiger partial charge in [0.05, 0.1) is 11.2 Å². The van der Waals surface area contributed by atoms with Crippen LogP contribution in [0.5, 0.6) is 0 Å². The molecule has 0 aromatic carbocycles. The molecular formula is C8H20Cl3O2V-3. The fourth-order valence-electron chi connectivity index (χ4n) is 0. The minimum atomic E-state index is -0.500. The van der Waals surface area contributed by atoms with Gasteiger partial charge in [0.25, 0.3) is 0 Å². The Morgan fingerprint density at radius 2 is 0.571 bits per heavy atom. The topological polar surface area (TPSA) is 40.5 Å². The molecule has 2 N–H and O–H groups in total. The van der Waals surface area contributed by atoms with Gasteiger partial charge in [0, 0.05) is 18.6 Å². The molecule has 14 heavy (non-hydrogen) atoms. The third-order valence-corrected chi connectivity index (χ3v) is 0. The van der Waals surface area contributed by atoms with E-state index in [9.17, 15) is 0 Å². The Morgan fingerprint density at radius 1 is 0.571 bits per heavy atom. The van der Waals surface area contributed by atoms with Gasteiger partial charge in [-0.15, -0.1) is 0 Å². The molecule has 6 heteroatoms. The van der Waals surface area contributed by atoms with Crippen molar-refractivity contribution in [2.45, 2.75) is 52.7 Å². The summed E-state index contributed by atoms with van der Waals surface area (Å²) >= 11 is 0. The SMILES string of the molecule is CC(C)(C)O.CC(C)(C)O.[Cl-].[Cl-].[Cl-].[V]. The van der Waals surface area contributed by atoms with Crippen LogP contribution in [0.4, 0.5) is 0 Å². The molecule has 0 fully saturated rings. The summed E-state index contributed by atoms with van der Waals surface area (Å²) in [6, 6.07) is 0. The van der Waals surface area contributed by atoms with E-state index in [1.165, 1.54) is 0 Å². The van der Waals surface area contributed by atoms with Gasteiger partial charge < -0.3 is 47.4 Å². The quantitative estimate of drug-likeness (QED) is 0.467. The molecule has 93 valence electrons. The molecular weight excluding hydrogens is 285 g/mol. The Balaban J connectivity index is -0.0000000178. The van der Waals surface area contributed by atoms with Gasteiger partial charge >= 0.3 is 0 Å². The van der Waals surface area contributed by atoms with Crippen LogP contribution in [-0.2, 0) is 18.6 Å². The van der Waals surface area contributed by atoms with E-state index < -0.39 is 11.2 Å². The Labute approximate surface area is 118 Å². The fraction of sp³-hybridized carbons (Fsp3) is 1.00. The maximum Gasteiger partial charge on any atom is 0.0563 e. The summed E-state index contributed by atoms with van der Waals surface area (Å²) in [6.45, 7) is 10.5. The van der Waals surface area contributed by atoms with Crippen molar-refractivity contribution in [2.24, 2.45) is 0 Å². The summed E-state index contributed by atoms with van der Waals surface area (Å²) in [5.41, 5.74) is -1.00. The third kappa shape index (κ3) is 1080. The van der Waals surface area contributed by atoms with Crippen LogP contribution in [0, 0.1) is 0 Å². The van der Waals surface area contributed by atoms with Gasteiger partial charge in [-0.05, 0) is 41.5 Å². The van der Waals surface area contributed by atoms with Crippen molar-refractivity contribution >= 4 is 0 Å². The van der Waals surface area contributed by atoms with E-state index in [0.717, 1.165) is 0 Å². The molecule has 0 atom stereocenters. The molecule has 1 radical (unpaired) electrons. The van der Waals surface area contributed by atoms with Crippen LogP contribution in [-0.4, -0.2) is 21.4 Å². The van der Waals surface area contributed by atoms with Crippen molar-refractivity contribution in [2.75, 3.05) is 0 Å². The Morgan fingerprint density at radius 3 is 0.571 bits per heavy atom. The van der Waals surface area contributed by atoms with Gasteiger partial charge in [-0.1, -0.05) is 0 Å². The number of hydrogen-bond acceptors (Lipinski definition) is 2. The molecule has 0 saturated carbocycles. The van der Waals surface area contributed by atoms with Crippen molar-refractivity contribution < 1.29 is 66.0 Å². The average molecular weight is 306 g/mol. The summed E-state index contributed by atoms with van der Waals surface area (Å²) in [7, 11) is 0. The summed E-state index contributed by atoms with van der Waals surface area (Å²) in [5.74, 6) is 0. The van der Waals surface area contributed by atoms with E-state index in [4.69, 9.17) is 10.2 Å². The zero-order valence-corrected chi connectivity index (χ0v) is 13.1. The van der Waals surface area contributed by atoms with Gasteiger partial charge in [0.1, 0.15) is 0 Å². The predicted molar refractivity (Wildman–Crippen MR) is 43.9 cm³/mol. The monoisotopic (exact) mass is 304 g/mol. The second kappa shape index (κ2) is 14.4. The van der Waals surface area contributed by atoms with Crippen molar-refractivity contribution in [3.63, 3.8) is 0 Å². The van der Waals surface area contributed by atoms with Crippen molar-refractivity contribution in [3.8, 4) is 0 Å². The molecule has 2 nitrogen and oxygen atoms in total.